The molecule has 1 aliphatic heterocycles. The highest BCUT2D eigenvalue weighted by Crippen LogP contribution is 2.45. The maximum atomic E-state index is 13.3. The van der Waals surface area contributed by atoms with Crippen LogP contribution in [0, 0.1) is 5.92 Å². The van der Waals surface area contributed by atoms with Crippen molar-refractivity contribution < 1.29 is 18.8 Å². The van der Waals surface area contributed by atoms with Crippen molar-refractivity contribution in [2.75, 3.05) is 33.8 Å². The molecule has 2 atom stereocenters. The molecule has 0 aromatic heterocycles. The SMILES string of the molecule is COc1ccc(C(=O)CCC[N+]2(C)CCC(C(C(N)=O)(c3ccccc3)c3ccccc3)C2)cc1. The standard InChI is InChI=1S/C30H34N2O3/c1-32(20-9-14-28(33)23-15-17-27(35-2)18-16-23)21-19-26(22-32)30(29(31)34,24-10-5-3-6-11-24)25-12-7-4-8-13-25/h3-8,10-13,15-18,26H,9,14,19-22H2,1-2H3,(H-,31,34)/p+1. The second kappa shape index (κ2) is 10.4. The van der Waals surface area contributed by atoms with Gasteiger partial charge in [-0.1, -0.05) is 60.7 Å². The number of nitrogens with two attached hydrogens (primary N) is 1. The summed E-state index contributed by atoms with van der Waals surface area (Å²) in [6, 6.07) is 27.2. The molecule has 0 aliphatic carbocycles. The van der Waals surface area contributed by atoms with Gasteiger partial charge in [-0.15, -0.1) is 0 Å². The Morgan fingerprint density at radius 1 is 0.943 bits per heavy atom. The molecule has 2 N–H and O–H groups in total. The number of Topliss-reactive ketones (excluding diaryl/α,β-unsaturated/α-hetero) is 1. The summed E-state index contributed by atoms with van der Waals surface area (Å²) in [5, 5.41) is 0. The molecule has 0 radical (unpaired) electrons. The Hall–Kier alpha value is -3.44. The Labute approximate surface area is 208 Å². The molecule has 5 heteroatoms. The summed E-state index contributed by atoms with van der Waals surface area (Å²) in [6.07, 6.45) is 2.20. The summed E-state index contributed by atoms with van der Waals surface area (Å²) in [5.41, 5.74) is 7.97. The lowest BCUT2D eigenvalue weighted by Crippen LogP contribution is -2.51. The number of benzene rings is 3. The van der Waals surface area contributed by atoms with Crippen LogP contribution < -0.4 is 10.5 Å². The van der Waals surface area contributed by atoms with Crippen LogP contribution in [-0.2, 0) is 10.2 Å². The first kappa shape index (κ1) is 24.7. The molecule has 3 aromatic carbocycles. The smallest absolute Gasteiger partial charge is 0.233 e. The maximum absolute atomic E-state index is 13.3. The molecule has 3 aromatic rings. The van der Waals surface area contributed by atoms with Crippen molar-refractivity contribution in [3.8, 4) is 5.75 Å². The third kappa shape index (κ3) is 5.01. The van der Waals surface area contributed by atoms with Gasteiger partial charge in [-0.2, -0.15) is 0 Å². The summed E-state index contributed by atoms with van der Waals surface area (Å²) in [4.78, 5) is 26.0. The van der Waals surface area contributed by atoms with Crippen LogP contribution in [0.4, 0.5) is 0 Å². The van der Waals surface area contributed by atoms with Gasteiger partial charge in [0.15, 0.2) is 5.78 Å². The number of carbonyl (C=O) groups is 2. The lowest BCUT2D eigenvalue weighted by molar-refractivity contribution is -0.899. The van der Waals surface area contributed by atoms with E-state index in [4.69, 9.17) is 10.5 Å². The van der Waals surface area contributed by atoms with E-state index >= 15 is 0 Å². The first-order valence-corrected chi connectivity index (χ1v) is 12.3. The van der Waals surface area contributed by atoms with Gasteiger partial charge in [-0.3, -0.25) is 9.59 Å². The zero-order valence-corrected chi connectivity index (χ0v) is 20.7. The van der Waals surface area contributed by atoms with Crippen molar-refractivity contribution >= 4 is 11.7 Å². The van der Waals surface area contributed by atoms with Crippen LogP contribution in [0.3, 0.4) is 0 Å². The average Bonchev–Trinajstić information content (AvgIpc) is 3.27. The minimum Gasteiger partial charge on any atom is -0.497 e. The quantitative estimate of drug-likeness (QED) is 0.347. The molecule has 0 spiro atoms. The zero-order valence-electron chi connectivity index (χ0n) is 20.7. The lowest BCUT2D eigenvalue weighted by Gasteiger charge is -2.38. The minimum absolute atomic E-state index is 0.0760. The summed E-state index contributed by atoms with van der Waals surface area (Å²) in [6.45, 7) is 2.68. The van der Waals surface area contributed by atoms with Crippen molar-refractivity contribution in [2.45, 2.75) is 24.7 Å². The van der Waals surface area contributed by atoms with Crippen LogP contribution in [-0.4, -0.2) is 50.0 Å². The van der Waals surface area contributed by atoms with Gasteiger partial charge in [-0.05, 0) is 35.4 Å². The zero-order chi connectivity index (χ0) is 24.9. The van der Waals surface area contributed by atoms with Crippen molar-refractivity contribution in [1.82, 2.24) is 0 Å². The number of quaternary nitrogens is 1. The molecule has 1 aliphatic rings. The number of ketones is 1. The molecular formula is C30H35N2O3+. The van der Waals surface area contributed by atoms with E-state index in [0.717, 1.165) is 53.8 Å². The van der Waals surface area contributed by atoms with Gasteiger partial charge in [0.1, 0.15) is 11.2 Å². The fraction of sp³-hybridized carbons (Fsp3) is 0.333. The Morgan fingerprint density at radius 3 is 2.03 bits per heavy atom. The highest BCUT2D eigenvalue weighted by molar-refractivity contribution is 5.96. The number of amides is 1. The fourth-order valence-corrected chi connectivity index (χ4v) is 5.81. The fourth-order valence-electron chi connectivity index (χ4n) is 5.81. The van der Waals surface area contributed by atoms with Gasteiger partial charge in [0.25, 0.3) is 0 Å². The third-order valence-corrected chi connectivity index (χ3v) is 7.65. The summed E-state index contributed by atoms with van der Waals surface area (Å²) < 4.78 is 6.01. The number of carbonyl (C=O) groups excluding carboxylic acids is 2. The van der Waals surface area contributed by atoms with E-state index in [1.807, 2.05) is 84.9 Å². The Bertz CT molecular complexity index is 1110. The molecule has 35 heavy (non-hydrogen) atoms. The predicted octanol–water partition coefficient (Wildman–Crippen LogP) is 4.60. The number of hydrogen-bond acceptors (Lipinski definition) is 3. The van der Waals surface area contributed by atoms with Crippen molar-refractivity contribution in [3.05, 3.63) is 102 Å². The largest absolute Gasteiger partial charge is 0.497 e. The molecule has 1 heterocycles. The molecule has 1 fully saturated rings. The van der Waals surface area contributed by atoms with E-state index in [-0.39, 0.29) is 17.6 Å². The Morgan fingerprint density at radius 2 is 1.51 bits per heavy atom. The predicted molar refractivity (Wildman–Crippen MR) is 138 cm³/mol. The molecule has 4 rings (SSSR count). The number of ether oxygens (including phenoxy) is 1. The van der Waals surface area contributed by atoms with E-state index in [1.54, 1.807) is 7.11 Å². The first-order valence-electron chi connectivity index (χ1n) is 12.3. The second-order valence-corrected chi connectivity index (χ2v) is 9.89. The molecule has 5 nitrogen and oxygen atoms in total. The average molecular weight is 472 g/mol. The van der Waals surface area contributed by atoms with Gasteiger partial charge >= 0.3 is 0 Å². The molecule has 0 bridgehead atoms. The van der Waals surface area contributed by atoms with Gasteiger partial charge in [0.2, 0.25) is 5.91 Å². The lowest BCUT2D eigenvalue weighted by atomic mass is 9.64. The molecule has 0 saturated carbocycles. The van der Waals surface area contributed by atoms with Gasteiger partial charge in [0, 0.05) is 30.7 Å². The van der Waals surface area contributed by atoms with Gasteiger partial charge < -0.3 is 15.0 Å². The topological polar surface area (TPSA) is 69.4 Å². The molecule has 182 valence electrons. The Balaban J connectivity index is 1.51. The summed E-state index contributed by atoms with van der Waals surface area (Å²) in [7, 11) is 3.85. The van der Waals surface area contributed by atoms with Crippen LogP contribution in [0.5, 0.6) is 5.75 Å². The number of primary amides is 1. The summed E-state index contributed by atoms with van der Waals surface area (Å²) in [5.74, 6) is 0.669. The van der Waals surface area contributed by atoms with Crippen molar-refractivity contribution in [2.24, 2.45) is 11.7 Å². The second-order valence-electron chi connectivity index (χ2n) is 9.89. The van der Waals surface area contributed by atoms with E-state index in [1.165, 1.54) is 0 Å². The molecule has 1 amide bonds. The van der Waals surface area contributed by atoms with E-state index in [0.29, 0.717) is 12.0 Å². The van der Waals surface area contributed by atoms with E-state index in [2.05, 4.69) is 7.05 Å². The molecular weight excluding hydrogens is 436 g/mol. The highest BCUT2D eigenvalue weighted by Gasteiger charge is 2.53. The number of hydrogen-bond donors (Lipinski definition) is 1. The van der Waals surface area contributed by atoms with Crippen molar-refractivity contribution in [3.63, 3.8) is 0 Å². The Kier molecular flexibility index (Phi) is 7.37. The van der Waals surface area contributed by atoms with Crippen LogP contribution in [0.15, 0.2) is 84.9 Å². The number of nitrogens with zero attached hydrogens (tertiary/aromatic N) is 1. The minimum atomic E-state index is -0.878. The van der Waals surface area contributed by atoms with Crippen LogP contribution in [0.2, 0.25) is 0 Å². The number of rotatable bonds is 10. The normalized spacial score (nSPS) is 19.9. The molecule has 1 saturated heterocycles. The van der Waals surface area contributed by atoms with Gasteiger partial charge in [-0.25, -0.2) is 0 Å². The van der Waals surface area contributed by atoms with E-state index < -0.39 is 5.41 Å². The first-order chi connectivity index (χ1) is 16.9. The summed E-state index contributed by atoms with van der Waals surface area (Å²) >= 11 is 0. The number of likely N-dealkylation sites (tertiary alicyclic amines) is 1. The van der Waals surface area contributed by atoms with Crippen LogP contribution in [0.25, 0.3) is 0 Å². The monoisotopic (exact) mass is 471 g/mol. The van der Waals surface area contributed by atoms with Crippen LogP contribution >= 0.6 is 0 Å². The van der Waals surface area contributed by atoms with Gasteiger partial charge in [0.05, 0.1) is 33.8 Å². The number of methoxy groups -OCH3 is 1. The van der Waals surface area contributed by atoms with Crippen molar-refractivity contribution in [1.29, 1.82) is 0 Å². The highest BCUT2D eigenvalue weighted by atomic mass is 16.5. The molecule has 2 unspecified atom stereocenters. The van der Waals surface area contributed by atoms with E-state index in [9.17, 15) is 9.59 Å². The third-order valence-electron chi connectivity index (χ3n) is 7.65. The van der Waals surface area contributed by atoms with Crippen LogP contribution in [0.1, 0.15) is 40.7 Å². The maximum Gasteiger partial charge on any atom is 0.233 e.